The summed E-state index contributed by atoms with van der Waals surface area (Å²) in [6.07, 6.45) is 5.77. The van der Waals surface area contributed by atoms with Crippen molar-refractivity contribution in [2.24, 2.45) is 11.8 Å². The Balaban J connectivity index is 1.49. The number of nitrogens with one attached hydrogen (secondary N) is 1. The van der Waals surface area contributed by atoms with Crippen molar-refractivity contribution in [1.82, 2.24) is 19.5 Å². The van der Waals surface area contributed by atoms with Crippen LogP contribution < -0.4 is 14.8 Å². The third-order valence-corrected chi connectivity index (χ3v) is 8.39. The molecular weight excluding hydrogens is 506 g/mol. The first-order chi connectivity index (χ1) is 18.1. The van der Waals surface area contributed by atoms with Crippen molar-refractivity contribution in [2.75, 3.05) is 19.0 Å². The predicted molar refractivity (Wildman–Crippen MR) is 143 cm³/mol. The van der Waals surface area contributed by atoms with Crippen molar-refractivity contribution >= 4 is 36.8 Å². The number of aliphatic carboxylic acids is 1. The van der Waals surface area contributed by atoms with Crippen molar-refractivity contribution in [2.45, 2.75) is 57.8 Å². The van der Waals surface area contributed by atoms with Gasteiger partial charge in [0.15, 0.2) is 0 Å². The summed E-state index contributed by atoms with van der Waals surface area (Å²) in [5, 5.41) is 12.7. The van der Waals surface area contributed by atoms with Gasteiger partial charge in [0.05, 0.1) is 18.9 Å². The lowest BCUT2D eigenvalue weighted by molar-refractivity contribution is -0.139. The van der Waals surface area contributed by atoms with Crippen LogP contribution in [0.25, 0.3) is 22.2 Å². The quantitative estimate of drug-likeness (QED) is 0.258. The average molecular weight is 540 g/mol. The third-order valence-electron chi connectivity index (χ3n) is 6.69. The van der Waals surface area contributed by atoms with Crippen LogP contribution in [0.15, 0.2) is 24.7 Å². The van der Waals surface area contributed by atoms with Gasteiger partial charge in [0.25, 0.3) is 0 Å². The fourth-order valence-electron chi connectivity index (χ4n) is 4.22. The largest absolute Gasteiger partial charge is 0.481 e. The van der Waals surface area contributed by atoms with Gasteiger partial charge in [-0.2, -0.15) is 0 Å². The van der Waals surface area contributed by atoms with Gasteiger partial charge in [-0.1, -0.05) is 19.6 Å². The molecule has 1 amide bonds. The van der Waals surface area contributed by atoms with E-state index in [1.807, 2.05) is 16.8 Å². The molecule has 2 aliphatic carbocycles. The lowest BCUT2D eigenvalue weighted by Gasteiger charge is -2.15. The van der Waals surface area contributed by atoms with Crippen LogP contribution in [0.2, 0.25) is 25.7 Å². The van der Waals surface area contributed by atoms with Crippen LogP contribution in [0.1, 0.15) is 19.3 Å². The number of hydrogen-bond donors (Lipinski definition) is 2. The van der Waals surface area contributed by atoms with E-state index in [0.717, 1.165) is 29.8 Å². The number of amides is 1. The molecule has 2 saturated carbocycles. The maximum Gasteiger partial charge on any atom is 0.307 e. The molecule has 3 aromatic rings. The minimum absolute atomic E-state index is 0.128. The molecule has 0 spiro atoms. The van der Waals surface area contributed by atoms with E-state index in [0.29, 0.717) is 41.8 Å². The molecule has 2 N–H and O–H groups in total. The van der Waals surface area contributed by atoms with E-state index < -0.39 is 25.9 Å². The van der Waals surface area contributed by atoms with Crippen molar-refractivity contribution < 1.29 is 28.9 Å². The molecule has 3 aromatic heterocycles. The number of ether oxygens (including phenoxy) is 3. The second-order valence-electron chi connectivity index (χ2n) is 11.1. The Labute approximate surface area is 221 Å². The second-order valence-corrected chi connectivity index (χ2v) is 16.7. The van der Waals surface area contributed by atoms with Crippen LogP contribution in [0.5, 0.6) is 11.8 Å². The van der Waals surface area contributed by atoms with Crippen molar-refractivity contribution in [3.63, 3.8) is 0 Å². The zero-order valence-electron chi connectivity index (χ0n) is 22.1. The molecule has 0 radical (unpaired) electrons. The number of pyridine rings is 1. The van der Waals surface area contributed by atoms with E-state index in [9.17, 15) is 9.59 Å². The number of carbonyl (C=O) groups is 2. The number of aromatic nitrogens is 4. The van der Waals surface area contributed by atoms with E-state index in [-0.39, 0.29) is 18.7 Å². The number of rotatable bonds is 12. The highest BCUT2D eigenvalue weighted by molar-refractivity contribution is 6.76. The van der Waals surface area contributed by atoms with Gasteiger partial charge in [-0.25, -0.2) is 15.0 Å². The summed E-state index contributed by atoms with van der Waals surface area (Å²) in [4.78, 5) is 37.2. The molecular formula is C26H33N5O6Si. The Morgan fingerprint density at radius 2 is 1.92 bits per heavy atom. The Hall–Kier alpha value is -3.51. The Morgan fingerprint density at radius 3 is 2.58 bits per heavy atom. The summed E-state index contributed by atoms with van der Waals surface area (Å²) >= 11 is 0. The van der Waals surface area contributed by atoms with Gasteiger partial charge < -0.3 is 29.2 Å². The minimum Gasteiger partial charge on any atom is -0.481 e. The highest BCUT2D eigenvalue weighted by Gasteiger charge is 2.48. The Kier molecular flexibility index (Phi) is 7.10. The highest BCUT2D eigenvalue weighted by Crippen LogP contribution is 2.42. The first kappa shape index (κ1) is 26.1. The van der Waals surface area contributed by atoms with Crippen LogP contribution >= 0.6 is 0 Å². The second kappa shape index (κ2) is 10.3. The van der Waals surface area contributed by atoms with Gasteiger partial charge in [0.1, 0.15) is 36.2 Å². The smallest absolute Gasteiger partial charge is 0.307 e. The van der Waals surface area contributed by atoms with Gasteiger partial charge in [-0.15, -0.1) is 0 Å². The van der Waals surface area contributed by atoms with E-state index >= 15 is 0 Å². The molecule has 11 nitrogen and oxygen atoms in total. The molecule has 202 valence electrons. The summed E-state index contributed by atoms with van der Waals surface area (Å²) in [5.74, 6) is -1.28. The lowest BCUT2D eigenvalue weighted by atomic mass is 10.1. The van der Waals surface area contributed by atoms with Gasteiger partial charge in [-0.05, 0) is 37.4 Å². The van der Waals surface area contributed by atoms with Crippen molar-refractivity contribution in [1.29, 1.82) is 0 Å². The fraction of sp³-hybridized carbons (Fsp3) is 0.500. The molecule has 0 unspecified atom stereocenters. The number of carboxylic acids is 1. The SMILES string of the molecule is COc1ncnc(OC2CC2)c1-c1cn(COCC[Si](C)(C)C)c2nc(NC(=O)[C@@H]3C[C@H]3C(=O)O)ccc12. The van der Waals surface area contributed by atoms with Crippen LogP contribution in [0.4, 0.5) is 5.82 Å². The van der Waals surface area contributed by atoms with Crippen LogP contribution in [0.3, 0.4) is 0 Å². The summed E-state index contributed by atoms with van der Waals surface area (Å²) in [6.45, 7) is 7.80. The third kappa shape index (κ3) is 5.81. The molecule has 2 atom stereocenters. The van der Waals surface area contributed by atoms with Gasteiger partial charge in [0, 0.05) is 31.8 Å². The van der Waals surface area contributed by atoms with E-state index in [1.54, 1.807) is 13.2 Å². The molecule has 0 saturated heterocycles. The first-order valence-electron chi connectivity index (χ1n) is 12.8. The van der Waals surface area contributed by atoms with Crippen molar-refractivity contribution in [3.05, 3.63) is 24.7 Å². The highest BCUT2D eigenvalue weighted by atomic mass is 28.3. The summed E-state index contributed by atoms with van der Waals surface area (Å²) < 4.78 is 19.6. The Morgan fingerprint density at radius 1 is 1.16 bits per heavy atom. The van der Waals surface area contributed by atoms with E-state index in [4.69, 9.17) is 24.3 Å². The van der Waals surface area contributed by atoms with Gasteiger partial charge >= 0.3 is 5.97 Å². The zero-order valence-corrected chi connectivity index (χ0v) is 23.1. The summed E-state index contributed by atoms with van der Waals surface area (Å²) in [5.41, 5.74) is 2.01. The number of methoxy groups -OCH3 is 1. The lowest BCUT2D eigenvalue weighted by Crippen LogP contribution is -2.22. The zero-order chi connectivity index (χ0) is 27.0. The number of nitrogens with zero attached hydrogens (tertiary/aromatic N) is 4. The monoisotopic (exact) mass is 539 g/mol. The molecule has 5 rings (SSSR count). The molecule has 2 aliphatic rings. The summed E-state index contributed by atoms with van der Waals surface area (Å²) in [6, 6.07) is 4.59. The molecule has 3 heterocycles. The van der Waals surface area contributed by atoms with E-state index in [1.165, 1.54) is 6.33 Å². The maximum atomic E-state index is 12.6. The predicted octanol–water partition coefficient (Wildman–Crippen LogP) is 4.01. The van der Waals surface area contributed by atoms with E-state index in [2.05, 4.69) is 34.9 Å². The number of carbonyl (C=O) groups excluding carboxylic acids is 1. The number of carboxylic acid groups (broad SMARTS) is 1. The Bertz CT molecular complexity index is 1370. The van der Waals surface area contributed by atoms with Crippen molar-refractivity contribution in [3.8, 4) is 22.9 Å². The minimum atomic E-state index is -1.26. The average Bonchev–Trinajstić information content (AvgIpc) is 3.79. The first-order valence-corrected chi connectivity index (χ1v) is 16.5. The molecule has 0 aliphatic heterocycles. The molecule has 12 heteroatoms. The fourth-order valence-corrected chi connectivity index (χ4v) is 4.98. The molecule has 2 fully saturated rings. The maximum absolute atomic E-state index is 12.6. The number of anilines is 1. The number of hydrogen-bond acceptors (Lipinski definition) is 8. The van der Waals surface area contributed by atoms with Crippen LogP contribution in [-0.2, 0) is 21.1 Å². The normalized spacial score (nSPS) is 18.8. The van der Waals surface area contributed by atoms with Crippen LogP contribution in [-0.4, -0.2) is 64.4 Å². The topological polar surface area (TPSA) is 138 Å². The standard InChI is InChI=1S/C26H33N5O6Si/c1-35-24-21(25(28-13-27-24)37-15-5-6-15)19-12-31(14-36-9-10-38(2,3)4)22-16(19)7-8-20(29-22)30-23(32)17-11-18(17)26(33)34/h7-8,12-13,15,17-18H,5-6,9-11,14H2,1-4H3,(H,33,34)(H,29,30,32)/t17-,18-/m1/s1. The molecule has 0 bridgehead atoms. The van der Waals surface area contributed by atoms with Crippen LogP contribution in [0, 0.1) is 11.8 Å². The van der Waals surface area contributed by atoms with Gasteiger partial charge in [-0.3, -0.25) is 9.59 Å². The molecule has 38 heavy (non-hydrogen) atoms. The summed E-state index contributed by atoms with van der Waals surface area (Å²) in [7, 11) is 0.294. The number of fused-ring (bicyclic) bond motifs is 1. The molecule has 0 aromatic carbocycles. The van der Waals surface area contributed by atoms with Gasteiger partial charge in [0.2, 0.25) is 17.7 Å².